The zero-order chi connectivity index (χ0) is 19.5. The van der Waals surface area contributed by atoms with Gasteiger partial charge in [-0.25, -0.2) is 9.97 Å². The van der Waals surface area contributed by atoms with E-state index in [9.17, 15) is 0 Å². The van der Waals surface area contributed by atoms with Gasteiger partial charge in [-0.2, -0.15) is 0 Å². The maximum absolute atomic E-state index is 5.81. The largest absolute Gasteiger partial charge is 0.375 e. The summed E-state index contributed by atoms with van der Waals surface area (Å²) in [6, 6.07) is 11.0. The van der Waals surface area contributed by atoms with Crippen LogP contribution in [0.4, 0.5) is 5.13 Å². The Morgan fingerprint density at radius 1 is 1.14 bits per heavy atom. The Morgan fingerprint density at radius 3 is 2.64 bits per heavy atom. The monoisotopic (exact) mass is 391 g/mol. The van der Waals surface area contributed by atoms with Crippen molar-refractivity contribution in [2.24, 2.45) is 0 Å². The summed E-state index contributed by atoms with van der Waals surface area (Å²) in [6.45, 7) is 7.65. The first-order valence-electron chi connectivity index (χ1n) is 9.68. The van der Waals surface area contributed by atoms with Crippen molar-refractivity contribution in [1.29, 1.82) is 0 Å². The van der Waals surface area contributed by atoms with E-state index in [0.29, 0.717) is 5.13 Å². The molecule has 0 saturated carbocycles. The van der Waals surface area contributed by atoms with Crippen molar-refractivity contribution < 1.29 is 0 Å². The van der Waals surface area contributed by atoms with Crippen LogP contribution in [0.2, 0.25) is 0 Å². The summed E-state index contributed by atoms with van der Waals surface area (Å²) >= 11 is 1.45. The summed E-state index contributed by atoms with van der Waals surface area (Å²) in [5.74, 6) is 0. The van der Waals surface area contributed by atoms with Gasteiger partial charge in [-0.1, -0.05) is 38.1 Å². The number of nitrogen functional groups attached to an aromatic ring is 1. The lowest BCUT2D eigenvalue weighted by Crippen LogP contribution is -2.23. The van der Waals surface area contributed by atoms with Crippen LogP contribution in [0.1, 0.15) is 25.8 Å². The van der Waals surface area contributed by atoms with Crippen LogP contribution in [0.15, 0.2) is 48.1 Å². The molecule has 0 radical (unpaired) electrons. The van der Waals surface area contributed by atoms with Crippen molar-refractivity contribution in [3.05, 3.63) is 53.7 Å². The molecule has 4 rings (SSSR count). The van der Waals surface area contributed by atoms with Gasteiger partial charge in [0.05, 0.1) is 5.69 Å². The summed E-state index contributed by atoms with van der Waals surface area (Å²) in [6.07, 6.45) is 5.05. The molecule has 0 bridgehead atoms. The molecule has 5 nitrogen and oxygen atoms in total. The quantitative estimate of drug-likeness (QED) is 0.456. The number of benzene rings is 1. The number of aromatic nitrogens is 3. The lowest BCUT2D eigenvalue weighted by Gasteiger charge is -2.19. The summed E-state index contributed by atoms with van der Waals surface area (Å²) in [7, 11) is 0. The number of nitrogens with zero attached hydrogens (tertiary/aromatic N) is 3. The third kappa shape index (κ3) is 3.79. The van der Waals surface area contributed by atoms with Gasteiger partial charge >= 0.3 is 0 Å². The van der Waals surface area contributed by atoms with Crippen molar-refractivity contribution in [2.45, 2.75) is 26.8 Å². The third-order valence-electron chi connectivity index (χ3n) is 5.01. The SMILES string of the molecule is CCCN(CC)Cc1ccc(-c2cnc3[nH]cc(-c4csc(N)n4)c3c2)cc1. The maximum Gasteiger partial charge on any atom is 0.180 e. The summed E-state index contributed by atoms with van der Waals surface area (Å²) < 4.78 is 0. The summed E-state index contributed by atoms with van der Waals surface area (Å²) in [5.41, 5.74) is 12.2. The second kappa shape index (κ2) is 8.12. The van der Waals surface area contributed by atoms with E-state index < -0.39 is 0 Å². The lowest BCUT2D eigenvalue weighted by atomic mass is 10.0. The van der Waals surface area contributed by atoms with Crippen LogP contribution in [0.5, 0.6) is 0 Å². The Morgan fingerprint density at radius 2 is 1.96 bits per heavy atom. The predicted molar refractivity (Wildman–Crippen MR) is 118 cm³/mol. The van der Waals surface area contributed by atoms with Gasteiger partial charge in [-0.3, -0.25) is 4.90 Å². The molecule has 3 N–H and O–H groups in total. The Kier molecular flexibility index (Phi) is 5.41. The molecule has 3 heterocycles. The number of nitrogens with one attached hydrogen (secondary N) is 1. The Bertz CT molecular complexity index is 1060. The van der Waals surface area contributed by atoms with E-state index in [4.69, 9.17) is 5.73 Å². The Balaban J connectivity index is 1.62. The fraction of sp³-hybridized carbons (Fsp3) is 0.273. The first-order valence-corrected chi connectivity index (χ1v) is 10.6. The van der Waals surface area contributed by atoms with Gasteiger partial charge < -0.3 is 10.7 Å². The van der Waals surface area contributed by atoms with E-state index in [1.807, 2.05) is 17.8 Å². The minimum atomic E-state index is 0.577. The van der Waals surface area contributed by atoms with Crippen LogP contribution >= 0.6 is 11.3 Å². The number of hydrogen-bond donors (Lipinski definition) is 2. The van der Waals surface area contributed by atoms with Crippen molar-refractivity contribution in [1.82, 2.24) is 19.9 Å². The van der Waals surface area contributed by atoms with E-state index >= 15 is 0 Å². The van der Waals surface area contributed by atoms with Crippen LogP contribution in [0, 0.1) is 0 Å². The number of fused-ring (bicyclic) bond motifs is 1. The molecule has 0 atom stereocenters. The predicted octanol–water partition coefficient (Wildman–Crippen LogP) is 5.17. The highest BCUT2D eigenvalue weighted by atomic mass is 32.1. The van der Waals surface area contributed by atoms with Gasteiger partial charge in [-0.15, -0.1) is 11.3 Å². The van der Waals surface area contributed by atoms with E-state index in [1.165, 1.54) is 28.9 Å². The minimum absolute atomic E-state index is 0.577. The van der Waals surface area contributed by atoms with E-state index in [-0.39, 0.29) is 0 Å². The minimum Gasteiger partial charge on any atom is -0.375 e. The average molecular weight is 392 g/mol. The summed E-state index contributed by atoms with van der Waals surface area (Å²) in [4.78, 5) is 14.7. The average Bonchev–Trinajstić information content (AvgIpc) is 3.33. The topological polar surface area (TPSA) is 70.8 Å². The van der Waals surface area contributed by atoms with E-state index in [2.05, 4.69) is 64.0 Å². The van der Waals surface area contributed by atoms with Gasteiger partial charge in [-0.05, 0) is 36.7 Å². The number of hydrogen-bond acceptors (Lipinski definition) is 5. The van der Waals surface area contributed by atoms with Crippen LogP contribution in [-0.4, -0.2) is 32.9 Å². The van der Waals surface area contributed by atoms with Crippen LogP contribution < -0.4 is 5.73 Å². The van der Waals surface area contributed by atoms with Gasteiger partial charge in [0.2, 0.25) is 0 Å². The highest BCUT2D eigenvalue weighted by Crippen LogP contribution is 2.32. The number of aromatic amines is 1. The molecule has 0 aliphatic carbocycles. The highest BCUT2D eigenvalue weighted by Gasteiger charge is 2.12. The molecule has 4 aromatic rings. The van der Waals surface area contributed by atoms with Crippen LogP contribution in [-0.2, 0) is 6.54 Å². The molecule has 0 aliphatic rings. The van der Waals surface area contributed by atoms with Gasteiger partial charge in [0.25, 0.3) is 0 Å². The van der Waals surface area contributed by atoms with Crippen LogP contribution in [0.3, 0.4) is 0 Å². The second-order valence-electron chi connectivity index (χ2n) is 6.96. The second-order valence-corrected chi connectivity index (χ2v) is 7.85. The Hall–Kier alpha value is -2.70. The molecule has 6 heteroatoms. The molecule has 144 valence electrons. The summed E-state index contributed by atoms with van der Waals surface area (Å²) in [5, 5.41) is 3.62. The zero-order valence-corrected chi connectivity index (χ0v) is 17.1. The molecular weight excluding hydrogens is 366 g/mol. The molecule has 0 fully saturated rings. The maximum atomic E-state index is 5.81. The molecular formula is C22H25N5S. The number of H-pyrrole nitrogens is 1. The van der Waals surface area contributed by atoms with E-state index in [1.54, 1.807) is 0 Å². The third-order valence-corrected chi connectivity index (χ3v) is 5.68. The first-order chi connectivity index (χ1) is 13.7. The van der Waals surface area contributed by atoms with E-state index in [0.717, 1.165) is 47.5 Å². The molecule has 3 aromatic heterocycles. The number of nitrogens with two attached hydrogens (primary N) is 1. The van der Waals surface area contributed by atoms with Crippen molar-refractivity contribution in [3.63, 3.8) is 0 Å². The fourth-order valence-electron chi connectivity index (χ4n) is 3.51. The molecule has 28 heavy (non-hydrogen) atoms. The number of rotatable bonds is 7. The van der Waals surface area contributed by atoms with Gasteiger partial charge in [0.15, 0.2) is 5.13 Å². The standard InChI is InChI=1S/C22H25N5S/c1-3-9-27(4-2)13-15-5-7-16(8-6-15)17-10-18-19(12-25-21(18)24-11-17)20-14-28-22(23)26-20/h5-8,10-12,14H,3-4,9,13H2,1-2H3,(H2,23,26)(H,24,25). The number of thiazole rings is 1. The van der Waals surface area contributed by atoms with Crippen molar-refractivity contribution in [2.75, 3.05) is 18.8 Å². The van der Waals surface area contributed by atoms with Crippen LogP contribution in [0.25, 0.3) is 33.4 Å². The van der Waals surface area contributed by atoms with Crippen molar-refractivity contribution >= 4 is 27.5 Å². The van der Waals surface area contributed by atoms with Gasteiger partial charge in [0.1, 0.15) is 5.65 Å². The fourth-order valence-corrected chi connectivity index (χ4v) is 4.07. The lowest BCUT2D eigenvalue weighted by molar-refractivity contribution is 0.280. The first kappa shape index (κ1) is 18.7. The number of anilines is 1. The molecule has 0 unspecified atom stereocenters. The highest BCUT2D eigenvalue weighted by molar-refractivity contribution is 7.13. The smallest absolute Gasteiger partial charge is 0.180 e. The molecule has 0 spiro atoms. The van der Waals surface area contributed by atoms with Gasteiger partial charge in [0, 0.05) is 40.8 Å². The molecule has 1 aromatic carbocycles. The molecule has 0 saturated heterocycles. The number of pyridine rings is 1. The van der Waals surface area contributed by atoms with Crippen molar-refractivity contribution in [3.8, 4) is 22.4 Å². The molecule has 0 aliphatic heterocycles. The normalized spacial score (nSPS) is 11.5. The zero-order valence-electron chi connectivity index (χ0n) is 16.3. The Labute approximate surface area is 169 Å². The molecule has 0 amide bonds.